The van der Waals surface area contributed by atoms with E-state index in [4.69, 9.17) is 4.52 Å². The zero-order chi connectivity index (χ0) is 15.5. The lowest BCUT2D eigenvalue weighted by Gasteiger charge is -2.25. The highest BCUT2D eigenvalue weighted by molar-refractivity contribution is 5.77. The Morgan fingerprint density at radius 2 is 2.27 bits per heavy atom. The number of carbonyl (C=O) groups is 1. The molecule has 1 amide bonds. The molecule has 5 nitrogen and oxygen atoms in total. The molecule has 116 valence electrons. The van der Waals surface area contributed by atoms with Crippen LogP contribution in [0, 0.1) is 6.92 Å². The van der Waals surface area contributed by atoms with Gasteiger partial charge in [0.25, 0.3) is 0 Å². The molecule has 0 saturated carbocycles. The molecular formula is C17H21N3O2. The molecule has 3 rings (SSSR count). The highest BCUT2D eigenvalue weighted by Crippen LogP contribution is 2.33. The number of fused-ring (bicyclic) bond motifs is 1. The summed E-state index contributed by atoms with van der Waals surface area (Å²) >= 11 is 0. The number of rotatable bonds is 4. The van der Waals surface area contributed by atoms with Gasteiger partial charge in [-0.2, -0.15) is 4.98 Å². The third-order valence-corrected chi connectivity index (χ3v) is 4.22. The lowest BCUT2D eigenvalue weighted by Crippen LogP contribution is -2.29. The van der Waals surface area contributed by atoms with Gasteiger partial charge in [0.2, 0.25) is 11.8 Å². The van der Waals surface area contributed by atoms with Crippen molar-refractivity contribution in [2.75, 3.05) is 0 Å². The summed E-state index contributed by atoms with van der Waals surface area (Å²) in [7, 11) is 0. The number of amides is 1. The molecule has 0 bridgehead atoms. The number of carbonyl (C=O) groups excluding carboxylic acids is 1. The van der Waals surface area contributed by atoms with Crippen molar-refractivity contribution in [3.63, 3.8) is 0 Å². The van der Waals surface area contributed by atoms with Gasteiger partial charge in [-0.05, 0) is 50.2 Å². The molecule has 1 aliphatic carbocycles. The topological polar surface area (TPSA) is 68.0 Å². The molecule has 0 saturated heterocycles. The van der Waals surface area contributed by atoms with Gasteiger partial charge in [0.15, 0.2) is 5.82 Å². The van der Waals surface area contributed by atoms with Gasteiger partial charge in [0.05, 0.1) is 0 Å². The summed E-state index contributed by atoms with van der Waals surface area (Å²) in [6, 6.07) is 8.19. The van der Waals surface area contributed by atoms with E-state index in [1.54, 1.807) is 6.92 Å². The van der Waals surface area contributed by atoms with Gasteiger partial charge in [-0.25, -0.2) is 0 Å². The van der Waals surface area contributed by atoms with Gasteiger partial charge in [-0.3, -0.25) is 4.79 Å². The monoisotopic (exact) mass is 299 g/mol. The molecule has 0 unspecified atom stereocenters. The van der Waals surface area contributed by atoms with E-state index in [-0.39, 0.29) is 11.9 Å². The fourth-order valence-corrected chi connectivity index (χ4v) is 3.14. The maximum Gasteiger partial charge on any atom is 0.248 e. The molecule has 2 aromatic rings. The Balaban J connectivity index is 1.63. The molecule has 0 fully saturated rings. The van der Waals surface area contributed by atoms with Crippen LogP contribution in [0.2, 0.25) is 0 Å². The largest absolute Gasteiger partial charge is 0.345 e. The fraction of sp³-hybridized carbons (Fsp3) is 0.471. The Morgan fingerprint density at radius 1 is 1.45 bits per heavy atom. The first-order valence-corrected chi connectivity index (χ1v) is 7.81. The molecular weight excluding hydrogens is 278 g/mol. The molecule has 2 atom stereocenters. The Bertz CT molecular complexity index is 665. The third kappa shape index (κ3) is 3.18. The zero-order valence-corrected chi connectivity index (χ0v) is 13.0. The predicted octanol–water partition coefficient (Wildman–Crippen LogP) is 3.07. The van der Waals surface area contributed by atoms with Crippen molar-refractivity contribution in [1.29, 1.82) is 0 Å². The Morgan fingerprint density at radius 3 is 3.05 bits per heavy atom. The van der Waals surface area contributed by atoms with Crippen molar-refractivity contribution < 1.29 is 9.32 Å². The Labute approximate surface area is 130 Å². The summed E-state index contributed by atoms with van der Waals surface area (Å²) < 4.78 is 5.10. The quantitative estimate of drug-likeness (QED) is 0.942. The van der Waals surface area contributed by atoms with E-state index in [1.807, 2.05) is 6.92 Å². The number of aryl methyl sites for hydroxylation is 2. The average molecular weight is 299 g/mol. The lowest BCUT2D eigenvalue weighted by atomic mass is 9.81. The first-order valence-electron chi connectivity index (χ1n) is 7.81. The molecule has 1 aromatic carbocycles. The van der Waals surface area contributed by atoms with E-state index in [9.17, 15) is 4.79 Å². The number of hydrogen-bond donors (Lipinski definition) is 1. The van der Waals surface area contributed by atoms with Gasteiger partial charge in [0.1, 0.15) is 6.04 Å². The molecule has 22 heavy (non-hydrogen) atoms. The van der Waals surface area contributed by atoms with Gasteiger partial charge in [0, 0.05) is 6.42 Å². The van der Waals surface area contributed by atoms with Crippen LogP contribution in [-0.2, 0) is 11.2 Å². The number of benzene rings is 1. The first kappa shape index (κ1) is 14.8. The SMILES string of the molecule is Cc1noc([C@H](C)NC(=O)C[C@H]2CCCc3ccccc32)n1. The third-order valence-electron chi connectivity index (χ3n) is 4.22. The average Bonchev–Trinajstić information content (AvgIpc) is 2.94. The van der Waals surface area contributed by atoms with Crippen LogP contribution >= 0.6 is 0 Å². The molecule has 0 radical (unpaired) electrons. The van der Waals surface area contributed by atoms with E-state index in [0.29, 0.717) is 24.1 Å². The maximum atomic E-state index is 12.3. The van der Waals surface area contributed by atoms with Crippen LogP contribution in [0.5, 0.6) is 0 Å². The standard InChI is InChI=1S/C17H21N3O2/c1-11(17-19-12(2)20-22-17)18-16(21)10-14-8-5-7-13-6-3-4-9-15(13)14/h3-4,6,9,11,14H,5,7-8,10H2,1-2H3,(H,18,21)/t11-,14+/m0/s1. The van der Waals surface area contributed by atoms with E-state index >= 15 is 0 Å². The number of aromatic nitrogens is 2. The van der Waals surface area contributed by atoms with Crippen LogP contribution in [0.1, 0.15) is 61.0 Å². The van der Waals surface area contributed by atoms with Crippen molar-refractivity contribution >= 4 is 5.91 Å². The van der Waals surface area contributed by atoms with Crippen LogP contribution < -0.4 is 5.32 Å². The molecule has 1 aromatic heterocycles. The molecule has 0 spiro atoms. The molecule has 1 aliphatic rings. The minimum absolute atomic E-state index is 0.0325. The van der Waals surface area contributed by atoms with Crippen LogP contribution in [0.3, 0.4) is 0 Å². The second kappa shape index (κ2) is 6.30. The summed E-state index contributed by atoms with van der Waals surface area (Å²) in [4.78, 5) is 16.5. The van der Waals surface area contributed by atoms with Gasteiger partial charge in [-0.1, -0.05) is 29.4 Å². The molecule has 1 N–H and O–H groups in total. The van der Waals surface area contributed by atoms with E-state index in [0.717, 1.165) is 19.3 Å². The minimum Gasteiger partial charge on any atom is -0.345 e. The smallest absolute Gasteiger partial charge is 0.248 e. The molecule has 1 heterocycles. The molecule has 0 aliphatic heterocycles. The predicted molar refractivity (Wildman–Crippen MR) is 82.3 cm³/mol. The minimum atomic E-state index is -0.257. The molecule has 5 heteroatoms. The van der Waals surface area contributed by atoms with Gasteiger partial charge < -0.3 is 9.84 Å². The summed E-state index contributed by atoms with van der Waals surface area (Å²) in [5, 5.41) is 6.71. The summed E-state index contributed by atoms with van der Waals surface area (Å²) in [6.45, 7) is 3.63. The van der Waals surface area contributed by atoms with Crippen LogP contribution in [0.25, 0.3) is 0 Å². The summed E-state index contributed by atoms with van der Waals surface area (Å²) in [5.41, 5.74) is 2.71. The normalized spacial score (nSPS) is 18.5. The van der Waals surface area contributed by atoms with E-state index in [2.05, 4.69) is 39.7 Å². The van der Waals surface area contributed by atoms with Gasteiger partial charge in [-0.15, -0.1) is 0 Å². The summed E-state index contributed by atoms with van der Waals surface area (Å²) in [5.74, 6) is 1.37. The van der Waals surface area contributed by atoms with E-state index < -0.39 is 0 Å². The highest BCUT2D eigenvalue weighted by Gasteiger charge is 2.23. The van der Waals surface area contributed by atoms with Crippen molar-refractivity contribution in [2.45, 2.75) is 51.5 Å². The Kier molecular flexibility index (Phi) is 4.22. The fourth-order valence-electron chi connectivity index (χ4n) is 3.14. The van der Waals surface area contributed by atoms with Gasteiger partial charge >= 0.3 is 0 Å². The second-order valence-electron chi connectivity index (χ2n) is 5.96. The lowest BCUT2D eigenvalue weighted by molar-refractivity contribution is -0.122. The highest BCUT2D eigenvalue weighted by atomic mass is 16.5. The van der Waals surface area contributed by atoms with Crippen LogP contribution in [0.4, 0.5) is 0 Å². The van der Waals surface area contributed by atoms with Crippen LogP contribution in [-0.4, -0.2) is 16.0 Å². The maximum absolute atomic E-state index is 12.3. The Hall–Kier alpha value is -2.17. The van der Waals surface area contributed by atoms with Crippen molar-refractivity contribution in [1.82, 2.24) is 15.5 Å². The number of hydrogen-bond acceptors (Lipinski definition) is 4. The second-order valence-corrected chi connectivity index (χ2v) is 5.96. The van der Waals surface area contributed by atoms with Crippen molar-refractivity contribution in [2.24, 2.45) is 0 Å². The number of nitrogens with one attached hydrogen (secondary N) is 1. The van der Waals surface area contributed by atoms with Crippen LogP contribution in [0.15, 0.2) is 28.8 Å². The summed E-state index contributed by atoms with van der Waals surface area (Å²) in [6.07, 6.45) is 3.84. The number of nitrogens with zero attached hydrogens (tertiary/aromatic N) is 2. The van der Waals surface area contributed by atoms with Crippen molar-refractivity contribution in [3.8, 4) is 0 Å². The van der Waals surface area contributed by atoms with E-state index in [1.165, 1.54) is 11.1 Å². The van der Waals surface area contributed by atoms with Crippen molar-refractivity contribution in [3.05, 3.63) is 47.1 Å². The zero-order valence-electron chi connectivity index (χ0n) is 13.0. The first-order chi connectivity index (χ1) is 10.6.